The third kappa shape index (κ3) is 4.54. The van der Waals surface area contributed by atoms with Gasteiger partial charge >= 0.3 is 5.97 Å². The number of carboxylic acid groups (broad SMARTS) is 1. The van der Waals surface area contributed by atoms with Crippen molar-refractivity contribution >= 4 is 87.6 Å². The molecule has 3 aromatic rings. The molecule has 0 saturated heterocycles. The molecule has 1 amide bonds. The highest BCUT2D eigenvalue weighted by Crippen LogP contribution is 2.41. The average molecular weight is 625 g/mol. The van der Waals surface area contributed by atoms with Gasteiger partial charge in [0, 0.05) is 20.4 Å². The van der Waals surface area contributed by atoms with E-state index in [1.807, 2.05) is 0 Å². The Labute approximate surface area is 200 Å². The van der Waals surface area contributed by atoms with Crippen LogP contribution in [0.5, 0.6) is 5.75 Å². The number of ether oxygens (including phenoxy) is 1. The van der Waals surface area contributed by atoms with Crippen LogP contribution in [-0.2, 0) is 0 Å². The van der Waals surface area contributed by atoms with E-state index in [2.05, 4.69) is 53.1 Å². The maximum atomic E-state index is 13.0. The van der Waals surface area contributed by atoms with Gasteiger partial charge in [-0.25, -0.2) is 4.79 Å². The molecule has 0 spiro atoms. The zero-order chi connectivity index (χ0) is 21.3. The summed E-state index contributed by atoms with van der Waals surface area (Å²) >= 11 is 17.2. The van der Waals surface area contributed by atoms with Crippen molar-refractivity contribution in [3.63, 3.8) is 0 Å². The van der Waals surface area contributed by atoms with E-state index in [1.165, 1.54) is 7.11 Å². The van der Waals surface area contributed by atoms with Gasteiger partial charge in [-0.05, 0) is 71.6 Å². The molecule has 0 fully saturated rings. The van der Waals surface area contributed by atoms with Crippen LogP contribution in [0.4, 0.5) is 5.00 Å². The van der Waals surface area contributed by atoms with Gasteiger partial charge in [0.15, 0.2) is 0 Å². The van der Waals surface area contributed by atoms with Crippen molar-refractivity contribution in [3.8, 4) is 16.9 Å². The molecule has 0 saturated carbocycles. The molecular formula is C19H11Br3ClNO4S. The highest BCUT2D eigenvalue weighted by Gasteiger charge is 2.25. The highest BCUT2D eigenvalue weighted by molar-refractivity contribution is 9.11. The molecule has 1 aromatic heterocycles. The first-order valence-corrected chi connectivity index (χ1v) is 11.5. The number of carbonyl (C=O) groups is 2. The predicted octanol–water partition coefficient (Wildman–Crippen LogP) is 7.32. The zero-order valence-corrected chi connectivity index (χ0v) is 20.9. The van der Waals surface area contributed by atoms with Gasteiger partial charge in [-0.3, -0.25) is 4.79 Å². The van der Waals surface area contributed by atoms with Crippen molar-refractivity contribution in [1.82, 2.24) is 0 Å². The normalized spacial score (nSPS) is 10.7. The van der Waals surface area contributed by atoms with Crippen LogP contribution in [0, 0.1) is 0 Å². The second-order valence-electron chi connectivity index (χ2n) is 5.68. The van der Waals surface area contributed by atoms with E-state index in [0.29, 0.717) is 35.3 Å². The quantitative estimate of drug-likeness (QED) is 0.312. The average Bonchev–Trinajstić information content (AvgIpc) is 3.06. The van der Waals surface area contributed by atoms with Crippen LogP contribution in [0.3, 0.4) is 0 Å². The standard InChI is InChI=1S/C19H11Br3ClNO4S/c1-28-16-12(21)6-11(20)14(15(16)22)17(25)24-18-13(19(26)27)10(7-29-18)8-2-4-9(23)5-3-8/h2-7H,1H3,(H,24,25)(H,26,27). The van der Waals surface area contributed by atoms with Crippen LogP contribution >= 0.6 is 70.7 Å². The minimum Gasteiger partial charge on any atom is -0.494 e. The van der Waals surface area contributed by atoms with E-state index in [-0.39, 0.29) is 16.1 Å². The van der Waals surface area contributed by atoms with Crippen molar-refractivity contribution < 1.29 is 19.4 Å². The molecule has 0 radical (unpaired) electrons. The molecule has 1 heterocycles. The van der Waals surface area contributed by atoms with Gasteiger partial charge in [0.2, 0.25) is 0 Å². The molecule has 0 aliphatic carbocycles. The number of thiophene rings is 1. The number of halogens is 4. The molecule has 0 bridgehead atoms. The molecule has 0 atom stereocenters. The number of hydrogen-bond acceptors (Lipinski definition) is 4. The Kier molecular flexibility index (Phi) is 7.06. The number of carbonyl (C=O) groups excluding carboxylic acids is 1. The number of aromatic carboxylic acids is 1. The summed E-state index contributed by atoms with van der Waals surface area (Å²) in [6.45, 7) is 0. The number of rotatable bonds is 5. The second kappa shape index (κ2) is 9.18. The van der Waals surface area contributed by atoms with Gasteiger partial charge < -0.3 is 15.2 Å². The van der Waals surface area contributed by atoms with Crippen LogP contribution in [-0.4, -0.2) is 24.1 Å². The van der Waals surface area contributed by atoms with Crippen molar-refractivity contribution in [1.29, 1.82) is 0 Å². The van der Waals surface area contributed by atoms with Crippen LogP contribution in [0.25, 0.3) is 11.1 Å². The molecule has 29 heavy (non-hydrogen) atoms. The summed E-state index contributed by atoms with van der Waals surface area (Å²) in [7, 11) is 1.49. The third-order valence-corrected chi connectivity index (χ3v) is 7.06. The lowest BCUT2D eigenvalue weighted by molar-refractivity contribution is 0.0699. The van der Waals surface area contributed by atoms with Crippen LogP contribution in [0.15, 0.2) is 49.1 Å². The molecule has 3 rings (SSSR count). The summed E-state index contributed by atoms with van der Waals surface area (Å²) < 4.78 is 6.91. The van der Waals surface area contributed by atoms with Gasteiger partial charge in [-0.15, -0.1) is 11.3 Å². The summed E-state index contributed by atoms with van der Waals surface area (Å²) in [5.41, 5.74) is 1.49. The SMILES string of the molecule is COc1c(Br)cc(Br)c(C(=O)Nc2scc(-c3ccc(Cl)cc3)c2C(=O)O)c1Br. The summed E-state index contributed by atoms with van der Waals surface area (Å²) in [6, 6.07) is 8.51. The maximum absolute atomic E-state index is 13.0. The van der Waals surface area contributed by atoms with Gasteiger partial charge in [-0.1, -0.05) is 23.7 Å². The van der Waals surface area contributed by atoms with Gasteiger partial charge in [-0.2, -0.15) is 0 Å². The van der Waals surface area contributed by atoms with E-state index < -0.39 is 11.9 Å². The lowest BCUT2D eigenvalue weighted by atomic mass is 10.0. The first-order chi connectivity index (χ1) is 13.7. The molecule has 0 unspecified atom stereocenters. The van der Waals surface area contributed by atoms with Crippen molar-refractivity contribution in [2.24, 2.45) is 0 Å². The van der Waals surface area contributed by atoms with Crippen molar-refractivity contribution in [3.05, 3.63) is 65.3 Å². The Morgan fingerprint density at radius 2 is 1.76 bits per heavy atom. The van der Waals surface area contributed by atoms with Gasteiger partial charge in [0.1, 0.15) is 16.3 Å². The lowest BCUT2D eigenvalue weighted by Crippen LogP contribution is -2.15. The fourth-order valence-corrected chi connectivity index (χ4v) is 6.52. The van der Waals surface area contributed by atoms with Crippen LogP contribution in [0.1, 0.15) is 20.7 Å². The molecule has 10 heteroatoms. The molecule has 2 aromatic carbocycles. The molecule has 150 valence electrons. The van der Waals surface area contributed by atoms with Crippen LogP contribution in [0.2, 0.25) is 5.02 Å². The monoisotopic (exact) mass is 621 g/mol. The maximum Gasteiger partial charge on any atom is 0.339 e. The fourth-order valence-electron chi connectivity index (χ4n) is 2.64. The van der Waals surface area contributed by atoms with E-state index in [4.69, 9.17) is 16.3 Å². The number of nitrogens with one attached hydrogen (secondary N) is 1. The Hall–Kier alpha value is -1.39. The predicted molar refractivity (Wildman–Crippen MR) is 126 cm³/mol. The molecule has 0 aliphatic rings. The summed E-state index contributed by atoms with van der Waals surface area (Å²) in [5.74, 6) is -1.18. The first-order valence-electron chi connectivity index (χ1n) is 7.88. The highest BCUT2D eigenvalue weighted by atomic mass is 79.9. The first kappa shape index (κ1) is 22.3. The fraction of sp³-hybridized carbons (Fsp3) is 0.0526. The van der Waals surface area contributed by atoms with Gasteiger partial charge in [0.05, 0.1) is 21.6 Å². The number of carboxylic acids is 1. The number of hydrogen-bond donors (Lipinski definition) is 2. The van der Waals surface area contributed by atoms with Crippen LogP contribution < -0.4 is 10.1 Å². The lowest BCUT2D eigenvalue weighted by Gasteiger charge is -2.13. The summed E-state index contributed by atoms with van der Waals surface area (Å²) in [5, 5.41) is 14.9. The topological polar surface area (TPSA) is 75.6 Å². The van der Waals surface area contributed by atoms with Gasteiger partial charge in [0.25, 0.3) is 5.91 Å². The summed E-state index contributed by atoms with van der Waals surface area (Å²) in [4.78, 5) is 24.9. The van der Waals surface area contributed by atoms with E-state index in [9.17, 15) is 14.7 Å². The van der Waals surface area contributed by atoms with E-state index >= 15 is 0 Å². The number of methoxy groups -OCH3 is 1. The summed E-state index contributed by atoms with van der Waals surface area (Å²) in [6.07, 6.45) is 0. The number of anilines is 1. The zero-order valence-electron chi connectivity index (χ0n) is 14.6. The number of amides is 1. The Morgan fingerprint density at radius 1 is 1.10 bits per heavy atom. The Bertz CT molecular complexity index is 1120. The Balaban J connectivity index is 2.02. The third-order valence-electron chi connectivity index (χ3n) is 3.95. The smallest absolute Gasteiger partial charge is 0.339 e. The van der Waals surface area contributed by atoms with E-state index in [0.717, 1.165) is 11.3 Å². The minimum atomic E-state index is -1.14. The van der Waals surface area contributed by atoms with Crippen molar-refractivity contribution in [2.75, 3.05) is 12.4 Å². The molecular weight excluding hydrogens is 613 g/mol. The molecule has 2 N–H and O–H groups in total. The number of benzene rings is 2. The molecule has 0 aliphatic heterocycles. The minimum absolute atomic E-state index is 0.0157. The van der Waals surface area contributed by atoms with Crippen molar-refractivity contribution in [2.45, 2.75) is 0 Å². The second-order valence-corrected chi connectivity index (χ2v) is 9.50. The molecule has 5 nitrogen and oxygen atoms in total. The van der Waals surface area contributed by atoms with E-state index in [1.54, 1.807) is 35.7 Å². The largest absolute Gasteiger partial charge is 0.494 e. The Morgan fingerprint density at radius 3 is 2.34 bits per heavy atom.